The van der Waals surface area contributed by atoms with E-state index in [1.54, 1.807) is 34.8 Å². The average Bonchev–Trinajstić information content (AvgIpc) is 1.50. The molecule has 12 heteroatoms. The first kappa shape index (κ1) is 85.6. The van der Waals surface area contributed by atoms with Crippen LogP contribution < -0.4 is 0 Å². The number of rotatable bonds is 44. The van der Waals surface area contributed by atoms with Gasteiger partial charge in [0.1, 0.15) is 23.3 Å². The zero-order valence-corrected chi connectivity index (χ0v) is 74.6. The molecule has 116 heavy (non-hydrogen) atoms. The summed E-state index contributed by atoms with van der Waals surface area (Å²) >= 11 is 10.7. The molecule has 6 nitrogen and oxygen atoms in total. The van der Waals surface area contributed by atoms with Gasteiger partial charge in [0.15, 0.2) is 0 Å². The van der Waals surface area contributed by atoms with E-state index in [2.05, 4.69) is 225 Å². The fraction of sp³-hybridized carbons (Fsp3) is 0.404. The smallest absolute Gasteiger partial charge is 0.348 e. The van der Waals surface area contributed by atoms with Crippen LogP contribution in [0.15, 0.2) is 181 Å². The molecule has 0 fully saturated rings. The van der Waals surface area contributed by atoms with E-state index in [1.165, 1.54) is 210 Å². The average molecular weight is 1650 g/mol. The topological polar surface area (TPSA) is 100 Å². The quantitative estimate of drug-likeness (QED) is 0.0163. The van der Waals surface area contributed by atoms with Gasteiger partial charge in [0, 0.05) is 58.5 Å². The number of ether oxygens (including phenoxy) is 2. The number of esters is 2. The van der Waals surface area contributed by atoms with Crippen molar-refractivity contribution < 1.29 is 19.1 Å². The van der Waals surface area contributed by atoms with Crippen molar-refractivity contribution in [2.45, 2.75) is 246 Å². The molecule has 0 amide bonds. The van der Waals surface area contributed by atoms with Crippen molar-refractivity contribution in [1.82, 2.24) is 0 Å². The maximum absolute atomic E-state index is 13.4. The summed E-state index contributed by atoms with van der Waals surface area (Å²) < 4.78 is 11.6. The number of fused-ring (bicyclic) bond motifs is 6. The van der Waals surface area contributed by atoms with Crippen molar-refractivity contribution >= 4 is 92.1 Å². The molecule has 11 aromatic rings. The normalized spacial score (nSPS) is 13.7. The number of unbranched alkanes of at least 4 members (excludes halogenated alkanes) is 14. The van der Waals surface area contributed by atoms with Crippen LogP contribution in [0.2, 0.25) is 0 Å². The van der Waals surface area contributed by atoms with Crippen molar-refractivity contribution in [3.63, 3.8) is 0 Å². The van der Waals surface area contributed by atoms with Crippen LogP contribution in [-0.4, -0.2) is 25.2 Å². The Morgan fingerprint density at radius 3 is 0.922 bits per heavy atom. The summed E-state index contributed by atoms with van der Waals surface area (Å²) in [7, 11) is 0. The van der Waals surface area contributed by atoms with E-state index < -0.39 is 22.8 Å². The Morgan fingerprint density at radius 1 is 0.336 bits per heavy atom. The number of carbonyl (C=O) groups excluding carboxylic acids is 2. The predicted molar refractivity (Wildman–Crippen MR) is 497 cm³/mol. The molecule has 0 spiro atoms. The Kier molecular flexibility index (Phi) is 30.5. The van der Waals surface area contributed by atoms with Crippen molar-refractivity contribution in [3.05, 3.63) is 258 Å². The van der Waals surface area contributed by atoms with Crippen LogP contribution in [0.5, 0.6) is 0 Å². The Bertz CT molecular complexity index is 4790. The third-order valence-corrected chi connectivity index (χ3v) is 31.6. The maximum atomic E-state index is 13.4. The van der Waals surface area contributed by atoms with Gasteiger partial charge in [-0.2, -0.15) is 10.5 Å². The summed E-state index contributed by atoms with van der Waals surface area (Å²) in [6.45, 7) is 18.5. The first-order valence-corrected chi connectivity index (χ1v) is 48.6. The largest absolute Gasteiger partial charge is 0.461 e. The highest BCUT2D eigenvalue weighted by Gasteiger charge is 2.53. The molecule has 5 aromatic carbocycles. The van der Waals surface area contributed by atoms with Crippen LogP contribution >= 0.6 is 68.0 Å². The number of nitriles is 2. The molecule has 0 radical (unpaired) electrons. The van der Waals surface area contributed by atoms with E-state index in [9.17, 15) is 20.1 Å². The third kappa shape index (κ3) is 19.2. The van der Waals surface area contributed by atoms with Gasteiger partial charge in [0.05, 0.1) is 24.0 Å². The molecule has 13 rings (SSSR count). The number of benzene rings is 5. The van der Waals surface area contributed by atoms with Crippen LogP contribution in [0.3, 0.4) is 0 Å². The highest BCUT2D eigenvalue weighted by molar-refractivity contribution is 7.28. The van der Waals surface area contributed by atoms with Crippen molar-refractivity contribution in [2.24, 2.45) is 11.8 Å². The number of hydrogen-bond donors (Lipinski definition) is 0. The SMILES string of the molecule is CCCCCCc1ccc(C2(c3ccc(CCCCCC)cc3)c3cc4c(cc3-c3sc(-c5ccc(-c6ccc(/C=C(\C#N)C(=O)OCC(CC)CCCC)s6)s5)cc32)C(c2ccc(CCCCCC)cc2)(c2ccc(CCCCCC)cc2)c2cc(-c3ccc(-c5ccc(/C=C(\C#N)C(=O)OCC(CC)CCCC)s5)s3)sc2-4)cc1. The summed E-state index contributed by atoms with van der Waals surface area (Å²) in [6.07, 6.45) is 35.2. The van der Waals surface area contributed by atoms with Crippen LogP contribution in [0, 0.1) is 34.5 Å². The molecular formula is C104H116N2O4S6. The molecule has 2 aliphatic rings. The molecule has 0 saturated heterocycles. The summed E-state index contributed by atoms with van der Waals surface area (Å²) in [4.78, 5) is 40.5. The minimum absolute atomic E-state index is 0.0247. The monoisotopic (exact) mass is 1650 g/mol. The molecule has 2 aliphatic carbocycles. The van der Waals surface area contributed by atoms with Gasteiger partial charge in [-0.15, -0.1) is 68.0 Å². The van der Waals surface area contributed by atoms with E-state index >= 15 is 0 Å². The van der Waals surface area contributed by atoms with E-state index in [4.69, 9.17) is 9.47 Å². The fourth-order valence-corrected chi connectivity index (χ4v) is 24.1. The molecule has 6 aromatic heterocycles. The lowest BCUT2D eigenvalue weighted by atomic mass is 9.65. The van der Waals surface area contributed by atoms with Crippen LogP contribution in [0.1, 0.15) is 286 Å². The van der Waals surface area contributed by atoms with Crippen molar-refractivity contribution in [2.75, 3.05) is 13.2 Å². The van der Waals surface area contributed by atoms with Gasteiger partial charge in [-0.25, -0.2) is 9.59 Å². The second kappa shape index (κ2) is 41.4. The number of aryl methyl sites for hydroxylation is 4. The summed E-state index contributed by atoms with van der Waals surface area (Å²) in [6, 6.07) is 71.6. The van der Waals surface area contributed by atoms with Crippen molar-refractivity contribution in [1.29, 1.82) is 10.5 Å². The number of carbonyl (C=O) groups is 2. The first-order chi connectivity index (χ1) is 56.8. The number of nitrogens with zero attached hydrogens (tertiary/aromatic N) is 2. The fourth-order valence-electron chi connectivity index (χ4n) is 17.4. The number of thiophene rings is 6. The van der Waals surface area contributed by atoms with E-state index in [-0.39, 0.29) is 23.0 Å². The lowest BCUT2D eigenvalue weighted by Crippen LogP contribution is -2.30. The van der Waals surface area contributed by atoms with Gasteiger partial charge >= 0.3 is 11.9 Å². The van der Waals surface area contributed by atoms with Gasteiger partial charge < -0.3 is 9.47 Å². The molecule has 0 saturated carbocycles. The maximum Gasteiger partial charge on any atom is 0.348 e. The van der Waals surface area contributed by atoms with E-state index in [1.807, 2.05) is 57.5 Å². The Morgan fingerprint density at radius 2 is 0.629 bits per heavy atom. The standard InChI is InChI=1S/C104H116N2O4S6/c1-9-17-23-27-33-73-37-45-79(46-38-73)103(80-47-39-74(40-48-80)34-28-24-18-10-2)87-63-86-88(64-85(87)99-89(103)65-97(115-99)95-59-57-93(113-95)91-55-53-83(111-91)61-77(67-105)101(107)109-69-71(15-7)31-21-13-5)104(81-49-41-75(42-50-81)35-29-25-19-11-3,82-51-43-76(44-52-82)36-30-26-20-12-4)90-66-98(116-100(86)90)96-60-58-94(114-96)92-56-54-84(112-92)62-78(68-106)102(108)110-70-72(16-8)32-22-14-6/h37-66,71-72H,9-36,69-70H2,1-8H3/b77-61+,78-62+. The second-order valence-electron chi connectivity index (χ2n) is 32.3. The highest BCUT2D eigenvalue weighted by atomic mass is 32.1. The van der Waals surface area contributed by atoms with E-state index in [0.29, 0.717) is 13.2 Å². The molecule has 602 valence electrons. The summed E-state index contributed by atoms with van der Waals surface area (Å²) in [5.74, 6) is -0.550. The molecule has 2 unspecified atom stereocenters. The lowest BCUT2D eigenvalue weighted by molar-refractivity contribution is -0.140. The van der Waals surface area contributed by atoms with Crippen LogP contribution in [0.4, 0.5) is 0 Å². The Balaban J connectivity index is 0.985. The van der Waals surface area contributed by atoms with Gasteiger partial charge in [-0.05, 0) is 239 Å². The van der Waals surface area contributed by atoms with E-state index in [0.717, 1.165) is 106 Å². The first-order valence-electron chi connectivity index (χ1n) is 43.7. The Labute approximate surface area is 716 Å². The molecule has 0 bridgehead atoms. The van der Waals surface area contributed by atoms with Gasteiger partial charge in [0.25, 0.3) is 0 Å². The second-order valence-corrected chi connectivity index (χ2v) is 38.8. The molecule has 0 aliphatic heterocycles. The number of hydrogen-bond acceptors (Lipinski definition) is 12. The predicted octanol–water partition coefficient (Wildman–Crippen LogP) is 31.3. The molecule has 6 heterocycles. The van der Waals surface area contributed by atoms with Crippen LogP contribution in [0.25, 0.3) is 72.1 Å². The minimum Gasteiger partial charge on any atom is -0.461 e. The minimum atomic E-state index is -0.708. The zero-order chi connectivity index (χ0) is 81.0. The highest BCUT2D eigenvalue weighted by Crippen LogP contribution is 2.67. The molecule has 2 atom stereocenters. The Hall–Kier alpha value is -8.30. The third-order valence-electron chi connectivity index (χ3n) is 24.2. The zero-order valence-electron chi connectivity index (χ0n) is 69.7. The van der Waals surface area contributed by atoms with Gasteiger partial charge in [-0.1, -0.05) is 268 Å². The summed E-state index contributed by atoms with van der Waals surface area (Å²) in [5, 5.41) is 20.6. The molecule has 0 N–H and O–H groups in total. The van der Waals surface area contributed by atoms with Gasteiger partial charge in [0.2, 0.25) is 0 Å². The van der Waals surface area contributed by atoms with Crippen molar-refractivity contribution in [3.8, 4) is 72.0 Å². The molecular weight excluding hydrogens is 1530 g/mol. The lowest BCUT2D eigenvalue weighted by Gasteiger charge is -2.35. The van der Waals surface area contributed by atoms with Crippen LogP contribution in [-0.2, 0) is 55.6 Å². The van der Waals surface area contributed by atoms with Gasteiger partial charge in [-0.3, -0.25) is 0 Å². The summed E-state index contributed by atoms with van der Waals surface area (Å²) in [5.41, 5.74) is 17.1.